The molecule has 1 N–H and O–H groups in total. The summed E-state index contributed by atoms with van der Waals surface area (Å²) in [4.78, 5) is 22.2. The summed E-state index contributed by atoms with van der Waals surface area (Å²) in [5, 5.41) is 6.81. The van der Waals surface area contributed by atoms with Crippen molar-refractivity contribution in [3.8, 4) is 0 Å². The van der Waals surface area contributed by atoms with Crippen LogP contribution in [0.4, 0.5) is 0 Å². The number of hydrogen-bond acceptors (Lipinski definition) is 4. The summed E-state index contributed by atoms with van der Waals surface area (Å²) in [5.41, 5.74) is 2.06. The lowest BCUT2D eigenvalue weighted by Crippen LogP contribution is -2.33. The molecule has 0 atom stereocenters. The van der Waals surface area contributed by atoms with Gasteiger partial charge >= 0.3 is 11.9 Å². The maximum Gasteiger partial charge on any atom is 0.396 e. The minimum Gasteiger partial charge on any atom is -0.459 e. The lowest BCUT2D eigenvalue weighted by molar-refractivity contribution is -0.154. The van der Waals surface area contributed by atoms with Gasteiger partial charge < -0.3 is 10.1 Å². The third-order valence-corrected chi connectivity index (χ3v) is 2.40. The molecule has 18 heavy (non-hydrogen) atoms. The molecule has 0 aliphatic heterocycles. The number of carbonyl (C=O) groups excluding carboxylic acids is 2. The Morgan fingerprint density at radius 1 is 1.44 bits per heavy atom. The first-order chi connectivity index (χ1) is 8.54. The van der Waals surface area contributed by atoms with E-state index in [2.05, 4.69) is 15.2 Å². The van der Waals surface area contributed by atoms with Gasteiger partial charge in [-0.25, -0.2) is 4.79 Å². The molecule has 0 radical (unpaired) electrons. The van der Waals surface area contributed by atoms with Crippen LogP contribution in [0.25, 0.3) is 0 Å². The molecule has 0 unspecified atom stereocenters. The highest BCUT2D eigenvalue weighted by atomic mass is 16.5. The van der Waals surface area contributed by atoms with Gasteiger partial charge in [-0.3, -0.25) is 9.48 Å². The van der Waals surface area contributed by atoms with Crippen LogP contribution in [0.2, 0.25) is 0 Å². The number of ether oxygens (including phenoxy) is 1. The zero-order chi connectivity index (χ0) is 13.5. The summed E-state index contributed by atoms with van der Waals surface area (Å²) in [6.07, 6.45) is 0.715. The molecule has 0 saturated heterocycles. The molecule has 0 saturated carbocycles. The third kappa shape index (κ3) is 4.20. The molecular weight excluding hydrogens is 234 g/mol. The van der Waals surface area contributed by atoms with E-state index in [0.29, 0.717) is 19.5 Å². The maximum atomic E-state index is 11.2. The Morgan fingerprint density at radius 3 is 2.72 bits per heavy atom. The van der Waals surface area contributed by atoms with Crippen molar-refractivity contribution in [2.75, 3.05) is 13.2 Å². The van der Waals surface area contributed by atoms with Crippen molar-refractivity contribution < 1.29 is 14.3 Å². The topological polar surface area (TPSA) is 73.2 Å². The van der Waals surface area contributed by atoms with Crippen LogP contribution in [-0.2, 0) is 20.9 Å². The fourth-order valence-electron chi connectivity index (χ4n) is 1.60. The van der Waals surface area contributed by atoms with Crippen molar-refractivity contribution in [3.63, 3.8) is 0 Å². The van der Waals surface area contributed by atoms with Gasteiger partial charge in [-0.15, -0.1) is 0 Å². The molecule has 1 aromatic heterocycles. The molecular formula is C12H19N3O3. The van der Waals surface area contributed by atoms with E-state index in [1.54, 1.807) is 6.92 Å². The van der Waals surface area contributed by atoms with Gasteiger partial charge in [0.05, 0.1) is 12.3 Å². The Balaban J connectivity index is 2.25. The number of hydrogen-bond donors (Lipinski definition) is 1. The van der Waals surface area contributed by atoms with E-state index < -0.39 is 11.9 Å². The Labute approximate surface area is 106 Å². The van der Waals surface area contributed by atoms with Crippen LogP contribution in [0.15, 0.2) is 6.07 Å². The molecule has 1 heterocycles. The molecule has 0 bridgehead atoms. The second-order valence-electron chi connectivity index (χ2n) is 3.98. The molecule has 6 nitrogen and oxygen atoms in total. The van der Waals surface area contributed by atoms with E-state index in [9.17, 15) is 9.59 Å². The van der Waals surface area contributed by atoms with Gasteiger partial charge in [0.2, 0.25) is 0 Å². The Bertz CT molecular complexity index is 426. The van der Waals surface area contributed by atoms with E-state index in [1.807, 2.05) is 24.6 Å². The minimum absolute atomic E-state index is 0.206. The predicted octanol–water partition coefficient (Wildman–Crippen LogP) is 0.569. The fraction of sp³-hybridized carbons (Fsp3) is 0.583. The zero-order valence-corrected chi connectivity index (χ0v) is 11.0. The number of carbonyl (C=O) groups is 2. The van der Waals surface area contributed by atoms with E-state index in [1.165, 1.54) is 0 Å². The first-order valence-electron chi connectivity index (χ1n) is 6.00. The van der Waals surface area contributed by atoms with Crippen LogP contribution in [0.5, 0.6) is 0 Å². The average Bonchev–Trinajstić information content (AvgIpc) is 2.63. The third-order valence-electron chi connectivity index (χ3n) is 2.40. The van der Waals surface area contributed by atoms with Crippen molar-refractivity contribution in [1.29, 1.82) is 0 Å². The molecule has 0 aliphatic rings. The lowest BCUT2D eigenvalue weighted by atomic mass is 10.4. The summed E-state index contributed by atoms with van der Waals surface area (Å²) in [6, 6.07) is 2.00. The molecule has 0 aliphatic carbocycles. The van der Waals surface area contributed by atoms with E-state index in [-0.39, 0.29) is 6.61 Å². The Hall–Kier alpha value is -1.85. The van der Waals surface area contributed by atoms with Gasteiger partial charge in [0.1, 0.15) is 0 Å². The largest absolute Gasteiger partial charge is 0.459 e. The minimum atomic E-state index is -0.830. The van der Waals surface area contributed by atoms with Crippen LogP contribution in [-0.4, -0.2) is 34.8 Å². The van der Waals surface area contributed by atoms with Crippen molar-refractivity contribution >= 4 is 11.9 Å². The second kappa shape index (κ2) is 6.78. The van der Waals surface area contributed by atoms with Crippen molar-refractivity contribution in [2.45, 2.75) is 33.7 Å². The highest BCUT2D eigenvalue weighted by Crippen LogP contribution is 2.02. The van der Waals surface area contributed by atoms with Crippen LogP contribution in [0.1, 0.15) is 24.7 Å². The second-order valence-corrected chi connectivity index (χ2v) is 3.98. The molecule has 1 amide bonds. The van der Waals surface area contributed by atoms with Gasteiger partial charge in [0.15, 0.2) is 0 Å². The Kier molecular flexibility index (Phi) is 5.35. The molecule has 6 heteroatoms. The van der Waals surface area contributed by atoms with Gasteiger partial charge in [-0.1, -0.05) is 0 Å². The highest BCUT2D eigenvalue weighted by Gasteiger charge is 2.13. The van der Waals surface area contributed by atoms with Gasteiger partial charge in [0.25, 0.3) is 0 Å². The number of aromatic nitrogens is 2. The zero-order valence-electron chi connectivity index (χ0n) is 11.0. The van der Waals surface area contributed by atoms with Crippen LogP contribution >= 0.6 is 0 Å². The van der Waals surface area contributed by atoms with Crippen LogP contribution < -0.4 is 5.32 Å². The lowest BCUT2D eigenvalue weighted by Gasteiger charge is -2.06. The summed E-state index contributed by atoms with van der Waals surface area (Å²) in [6.45, 7) is 6.92. The van der Waals surface area contributed by atoms with Gasteiger partial charge in [-0.2, -0.15) is 5.10 Å². The fourth-order valence-corrected chi connectivity index (χ4v) is 1.60. The smallest absolute Gasteiger partial charge is 0.396 e. The van der Waals surface area contributed by atoms with Crippen LogP contribution in [0, 0.1) is 13.8 Å². The normalized spacial score (nSPS) is 10.2. The molecule has 1 aromatic rings. The average molecular weight is 253 g/mol. The summed E-state index contributed by atoms with van der Waals surface area (Å²) in [5.74, 6) is -1.52. The highest BCUT2D eigenvalue weighted by molar-refractivity contribution is 6.32. The SMILES string of the molecule is CCOC(=O)C(=O)NCCCn1nc(C)cc1C. The number of nitrogens with one attached hydrogen (secondary N) is 1. The standard InChI is InChI=1S/C12H19N3O3/c1-4-18-12(17)11(16)13-6-5-7-15-10(3)8-9(2)14-15/h8H,4-7H2,1-3H3,(H,13,16). The molecule has 0 fully saturated rings. The summed E-state index contributed by atoms with van der Waals surface area (Å²) in [7, 11) is 0. The number of nitrogens with zero attached hydrogens (tertiary/aromatic N) is 2. The predicted molar refractivity (Wildman–Crippen MR) is 66.0 cm³/mol. The summed E-state index contributed by atoms with van der Waals surface area (Å²) < 4.78 is 6.45. The van der Waals surface area contributed by atoms with Crippen molar-refractivity contribution in [2.24, 2.45) is 0 Å². The number of aryl methyl sites for hydroxylation is 3. The molecule has 0 aromatic carbocycles. The molecule has 100 valence electrons. The van der Waals surface area contributed by atoms with Gasteiger partial charge in [0, 0.05) is 18.8 Å². The first-order valence-corrected chi connectivity index (χ1v) is 6.00. The number of rotatable bonds is 5. The number of amides is 1. The maximum absolute atomic E-state index is 11.2. The van der Waals surface area contributed by atoms with Crippen LogP contribution in [0.3, 0.4) is 0 Å². The quantitative estimate of drug-likeness (QED) is 0.473. The Morgan fingerprint density at radius 2 is 2.17 bits per heavy atom. The van der Waals surface area contributed by atoms with E-state index >= 15 is 0 Å². The van der Waals surface area contributed by atoms with Crippen molar-refractivity contribution in [3.05, 3.63) is 17.5 Å². The van der Waals surface area contributed by atoms with E-state index in [0.717, 1.165) is 11.4 Å². The molecule has 0 spiro atoms. The monoisotopic (exact) mass is 253 g/mol. The van der Waals surface area contributed by atoms with E-state index in [4.69, 9.17) is 0 Å². The van der Waals surface area contributed by atoms with Gasteiger partial charge in [-0.05, 0) is 33.3 Å². The summed E-state index contributed by atoms with van der Waals surface area (Å²) >= 11 is 0. The number of esters is 1. The molecule has 1 rings (SSSR count). The van der Waals surface area contributed by atoms with Crippen molar-refractivity contribution in [1.82, 2.24) is 15.1 Å². The first kappa shape index (κ1) is 14.2.